The number of pyridine rings is 1. The minimum Gasteiger partial charge on any atom is -0.371 e. The number of benzene rings is 1. The summed E-state index contributed by atoms with van der Waals surface area (Å²) >= 11 is 5.99. The van der Waals surface area contributed by atoms with E-state index in [0.717, 1.165) is 35.9 Å². The molecule has 6 nitrogen and oxygen atoms in total. The van der Waals surface area contributed by atoms with Crippen LogP contribution in [0.15, 0.2) is 42.6 Å². The molecule has 0 radical (unpaired) electrons. The van der Waals surface area contributed by atoms with Gasteiger partial charge in [0, 0.05) is 62.8 Å². The average Bonchev–Trinajstić information content (AvgIpc) is 3.15. The van der Waals surface area contributed by atoms with E-state index in [9.17, 15) is 0 Å². The van der Waals surface area contributed by atoms with Crippen molar-refractivity contribution in [1.29, 1.82) is 0 Å². The molecule has 152 valence electrons. The molecule has 0 unspecified atom stereocenters. The monoisotopic (exact) mass is 410 g/mol. The van der Waals surface area contributed by atoms with Crippen molar-refractivity contribution >= 4 is 22.9 Å². The number of halogens is 1. The van der Waals surface area contributed by atoms with E-state index in [1.165, 1.54) is 44.7 Å². The van der Waals surface area contributed by atoms with Crippen LogP contribution in [0.2, 0.25) is 5.28 Å². The summed E-state index contributed by atoms with van der Waals surface area (Å²) in [6, 6.07) is 13.6. The Labute approximate surface area is 176 Å². The lowest BCUT2D eigenvalue weighted by molar-refractivity contribution is 0.0982. The first-order chi connectivity index (χ1) is 14.2. The fraction of sp³-hybridized carbons (Fsp3) is 0.455. The van der Waals surface area contributed by atoms with Gasteiger partial charge in [-0.15, -0.1) is 5.10 Å². The van der Waals surface area contributed by atoms with Gasteiger partial charge in [0.2, 0.25) is 5.28 Å². The fourth-order valence-electron chi connectivity index (χ4n) is 4.63. The predicted molar refractivity (Wildman–Crippen MR) is 118 cm³/mol. The smallest absolute Gasteiger partial charge is 0.243 e. The molecule has 2 saturated heterocycles. The molecule has 0 amide bonds. The molecule has 4 heterocycles. The minimum absolute atomic E-state index is 0.275. The molecule has 0 aliphatic carbocycles. The molecule has 0 N–H and O–H groups in total. The highest BCUT2D eigenvalue weighted by atomic mass is 35.5. The molecular weight excluding hydrogens is 384 g/mol. The molecule has 0 atom stereocenters. The lowest BCUT2D eigenvalue weighted by Gasteiger charge is -2.42. The van der Waals surface area contributed by atoms with Gasteiger partial charge in [-0.1, -0.05) is 12.1 Å². The van der Waals surface area contributed by atoms with Crippen LogP contribution in [0.3, 0.4) is 0 Å². The number of rotatable bonds is 3. The van der Waals surface area contributed by atoms with Crippen molar-refractivity contribution in [2.45, 2.75) is 18.9 Å². The first-order valence-corrected chi connectivity index (χ1v) is 10.8. The summed E-state index contributed by atoms with van der Waals surface area (Å²) in [7, 11) is 2.22. The summed E-state index contributed by atoms with van der Waals surface area (Å²) < 4.78 is 1.73. The topological polar surface area (TPSA) is 39.9 Å². The van der Waals surface area contributed by atoms with E-state index in [2.05, 4.69) is 62.2 Å². The van der Waals surface area contributed by atoms with E-state index < -0.39 is 0 Å². The van der Waals surface area contributed by atoms with Crippen molar-refractivity contribution < 1.29 is 0 Å². The van der Waals surface area contributed by atoms with E-state index in [-0.39, 0.29) is 5.28 Å². The second-order valence-electron chi connectivity index (χ2n) is 8.18. The quantitative estimate of drug-likeness (QED) is 0.662. The van der Waals surface area contributed by atoms with Crippen LogP contribution >= 0.6 is 11.6 Å². The van der Waals surface area contributed by atoms with E-state index in [1.807, 2.05) is 12.3 Å². The van der Waals surface area contributed by atoms with E-state index in [0.29, 0.717) is 0 Å². The van der Waals surface area contributed by atoms with Crippen LogP contribution in [0.4, 0.5) is 5.69 Å². The SMILES string of the molecule is CN1CCN(C2CCN(c3ccc(-c4cccn5nc(Cl)nc45)cc3)CC2)CC1. The lowest BCUT2D eigenvalue weighted by Crippen LogP contribution is -2.52. The van der Waals surface area contributed by atoms with Crippen LogP contribution in [0.5, 0.6) is 0 Å². The molecule has 2 aliphatic heterocycles. The summed E-state index contributed by atoms with van der Waals surface area (Å²) in [4.78, 5) is 12.0. The van der Waals surface area contributed by atoms with Crippen LogP contribution < -0.4 is 4.90 Å². The third-order valence-electron chi connectivity index (χ3n) is 6.40. The fourth-order valence-corrected chi connectivity index (χ4v) is 4.80. The predicted octanol–water partition coefficient (Wildman–Crippen LogP) is 3.27. The number of aromatic nitrogens is 3. The highest BCUT2D eigenvalue weighted by molar-refractivity contribution is 6.28. The largest absolute Gasteiger partial charge is 0.371 e. The number of anilines is 1. The van der Waals surface area contributed by atoms with Gasteiger partial charge in [-0.25, -0.2) is 4.52 Å². The zero-order chi connectivity index (χ0) is 19.8. The first-order valence-electron chi connectivity index (χ1n) is 10.5. The van der Waals surface area contributed by atoms with Crippen LogP contribution in [-0.2, 0) is 0 Å². The molecule has 2 aliphatic rings. The highest BCUT2D eigenvalue weighted by Gasteiger charge is 2.26. The van der Waals surface area contributed by atoms with Gasteiger partial charge in [0.15, 0.2) is 5.65 Å². The molecule has 1 aromatic carbocycles. The zero-order valence-electron chi connectivity index (χ0n) is 16.8. The molecular formula is C22H27ClN6. The maximum Gasteiger partial charge on any atom is 0.243 e. The standard InChI is InChI=1S/C22H27ClN6/c1-26-13-15-28(16-14-26)19-8-11-27(12-9-19)18-6-4-17(5-7-18)20-3-2-10-29-21(20)24-22(23)25-29/h2-7,10,19H,8-9,11-16H2,1H3. The summed E-state index contributed by atoms with van der Waals surface area (Å²) in [5.41, 5.74) is 4.28. The molecule has 2 aromatic heterocycles. The van der Waals surface area contributed by atoms with Crippen molar-refractivity contribution in [2.75, 3.05) is 51.2 Å². The molecule has 2 fully saturated rings. The maximum absolute atomic E-state index is 5.99. The van der Waals surface area contributed by atoms with Crippen LogP contribution in [0, 0.1) is 0 Å². The molecule has 0 spiro atoms. The Morgan fingerprint density at radius 3 is 2.38 bits per heavy atom. The third-order valence-corrected chi connectivity index (χ3v) is 6.56. The molecule has 29 heavy (non-hydrogen) atoms. The van der Waals surface area contributed by atoms with E-state index in [1.54, 1.807) is 4.52 Å². The maximum atomic E-state index is 5.99. The van der Waals surface area contributed by atoms with Crippen molar-refractivity contribution in [1.82, 2.24) is 24.4 Å². The number of hydrogen-bond donors (Lipinski definition) is 0. The van der Waals surface area contributed by atoms with Crippen molar-refractivity contribution in [2.24, 2.45) is 0 Å². The normalized spacial score (nSPS) is 19.9. The summed E-state index contributed by atoms with van der Waals surface area (Å²) in [5, 5.41) is 4.47. The Balaban J connectivity index is 1.26. The van der Waals surface area contributed by atoms with E-state index in [4.69, 9.17) is 11.6 Å². The number of fused-ring (bicyclic) bond motifs is 1. The first kappa shape index (κ1) is 18.9. The van der Waals surface area contributed by atoms with Gasteiger partial charge < -0.3 is 9.80 Å². The van der Waals surface area contributed by atoms with E-state index >= 15 is 0 Å². The second kappa shape index (κ2) is 7.94. The van der Waals surface area contributed by atoms with Gasteiger partial charge in [-0.05, 0) is 61.3 Å². The Morgan fingerprint density at radius 1 is 0.931 bits per heavy atom. The number of nitrogens with zero attached hydrogens (tertiary/aromatic N) is 6. The second-order valence-corrected chi connectivity index (χ2v) is 8.51. The number of likely N-dealkylation sites (N-methyl/N-ethyl adjacent to an activating group) is 1. The lowest BCUT2D eigenvalue weighted by atomic mass is 10.0. The Bertz CT molecular complexity index is 969. The Hall–Kier alpha value is -2.15. The van der Waals surface area contributed by atoms with Crippen LogP contribution in [0.25, 0.3) is 16.8 Å². The summed E-state index contributed by atoms with van der Waals surface area (Å²) in [6.45, 7) is 7.09. The molecule has 7 heteroatoms. The van der Waals surface area contributed by atoms with Crippen molar-refractivity contribution in [3.63, 3.8) is 0 Å². The highest BCUT2D eigenvalue weighted by Crippen LogP contribution is 2.28. The van der Waals surface area contributed by atoms with Crippen LogP contribution in [-0.4, -0.2) is 76.8 Å². The molecule has 0 saturated carbocycles. The Morgan fingerprint density at radius 2 is 1.66 bits per heavy atom. The number of piperidine rings is 1. The average molecular weight is 411 g/mol. The van der Waals surface area contributed by atoms with Crippen molar-refractivity contribution in [3.8, 4) is 11.1 Å². The van der Waals surface area contributed by atoms with Gasteiger partial charge in [0.05, 0.1) is 0 Å². The Kier molecular flexibility index (Phi) is 5.16. The number of piperazine rings is 1. The molecule has 5 rings (SSSR count). The third kappa shape index (κ3) is 3.84. The summed E-state index contributed by atoms with van der Waals surface area (Å²) in [5.74, 6) is 0. The molecule has 0 bridgehead atoms. The van der Waals surface area contributed by atoms with Gasteiger partial charge in [-0.2, -0.15) is 4.98 Å². The minimum atomic E-state index is 0.275. The van der Waals surface area contributed by atoms with Gasteiger partial charge in [0.1, 0.15) is 0 Å². The number of hydrogen-bond acceptors (Lipinski definition) is 5. The van der Waals surface area contributed by atoms with Gasteiger partial charge >= 0.3 is 0 Å². The zero-order valence-corrected chi connectivity index (χ0v) is 17.6. The van der Waals surface area contributed by atoms with Crippen molar-refractivity contribution in [3.05, 3.63) is 47.9 Å². The van der Waals surface area contributed by atoms with Gasteiger partial charge in [-0.3, -0.25) is 4.90 Å². The van der Waals surface area contributed by atoms with Gasteiger partial charge in [0.25, 0.3) is 0 Å². The van der Waals surface area contributed by atoms with Crippen LogP contribution in [0.1, 0.15) is 12.8 Å². The summed E-state index contributed by atoms with van der Waals surface area (Å²) in [6.07, 6.45) is 4.38. The molecule has 3 aromatic rings.